The van der Waals surface area contributed by atoms with Gasteiger partial charge in [-0.3, -0.25) is 14.5 Å². The van der Waals surface area contributed by atoms with Crippen LogP contribution in [0.25, 0.3) is 0 Å². The van der Waals surface area contributed by atoms with Crippen molar-refractivity contribution in [2.45, 2.75) is 57.8 Å². The zero-order valence-corrected chi connectivity index (χ0v) is 22.0. The van der Waals surface area contributed by atoms with Crippen molar-refractivity contribution in [1.82, 2.24) is 15.1 Å². The highest BCUT2D eigenvalue weighted by Crippen LogP contribution is 2.37. The molecule has 5 rings (SSSR count). The average molecular weight is 508 g/mol. The first-order valence-corrected chi connectivity index (χ1v) is 13.2. The Bertz CT molecular complexity index is 1120. The highest BCUT2D eigenvalue weighted by atomic mass is 16.6. The van der Waals surface area contributed by atoms with Gasteiger partial charge < -0.3 is 24.4 Å². The summed E-state index contributed by atoms with van der Waals surface area (Å²) < 4.78 is 16.7. The number of benzene rings is 2. The highest BCUT2D eigenvalue weighted by molar-refractivity contribution is 6.00. The minimum absolute atomic E-state index is 0.0180. The van der Waals surface area contributed by atoms with Crippen LogP contribution in [0.3, 0.4) is 0 Å². The predicted molar refractivity (Wildman–Crippen MR) is 140 cm³/mol. The molecular weight excluding hydrogens is 470 g/mol. The zero-order valence-electron chi connectivity index (χ0n) is 22.0. The van der Waals surface area contributed by atoms with E-state index in [4.69, 9.17) is 14.2 Å². The molecule has 0 bridgehead atoms. The molecule has 198 valence electrons. The topological polar surface area (TPSA) is 80.3 Å². The highest BCUT2D eigenvalue weighted by Gasteiger charge is 2.53. The maximum atomic E-state index is 13.8. The van der Waals surface area contributed by atoms with Crippen LogP contribution in [0.5, 0.6) is 17.2 Å². The molecule has 1 N–H and O–H groups in total. The molecule has 0 radical (unpaired) electrons. The lowest BCUT2D eigenvalue weighted by molar-refractivity contribution is -0.162. The minimum Gasteiger partial charge on any atom is -0.497 e. The SMILES string of the molecule is COc1ccc(CN2C(=O)C(CC(C)C)NC(=O)C23CCN(Cc2ccc4c(c2)OCCO4)CC3)cc1. The van der Waals surface area contributed by atoms with Crippen molar-refractivity contribution in [3.63, 3.8) is 0 Å². The molecule has 1 spiro atoms. The summed E-state index contributed by atoms with van der Waals surface area (Å²) in [7, 11) is 1.64. The van der Waals surface area contributed by atoms with E-state index in [0.29, 0.717) is 44.9 Å². The number of nitrogens with zero attached hydrogens (tertiary/aromatic N) is 2. The first kappa shape index (κ1) is 25.4. The Labute approximate surface area is 218 Å². The fourth-order valence-electron chi connectivity index (χ4n) is 5.67. The van der Waals surface area contributed by atoms with Crippen LogP contribution in [0.2, 0.25) is 0 Å². The van der Waals surface area contributed by atoms with Crippen LogP contribution in [0, 0.1) is 5.92 Å². The van der Waals surface area contributed by atoms with Gasteiger partial charge in [-0.1, -0.05) is 32.0 Å². The van der Waals surface area contributed by atoms with Gasteiger partial charge in [0.15, 0.2) is 11.5 Å². The van der Waals surface area contributed by atoms with Crippen LogP contribution in [-0.4, -0.2) is 66.6 Å². The summed E-state index contributed by atoms with van der Waals surface area (Å²) in [6.07, 6.45) is 1.83. The van der Waals surface area contributed by atoms with Crippen molar-refractivity contribution in [3.8, 4) is 17.2 Å². The third kappa shape index (κ3) is 5.25. The van der Waals surface area contributed by atoms with Gasteiger partial charge >= 0.3 is 0 Å². The number of likely N-dealkylation sites (tertiary alicyclic amines) is 1. The number of rotatable bonds is 7. The number of methoxy groups -OCH3 is 1. The lowest BCUT2D eigenvalue weighted by Crippen LogP contribution is -2.72. The average Bonchev–Trinajstić information content (AvgIpc) is 2.91. The van der Waals surface area contributed by atoms with Gasteiger partial charge in [-0.05, 0) is 60.6 Å². The smallest absolute Gasteiger partial charge is 0.246 e. The standard InChI is InChI=1S/C29H37N3O5/c1-20(2)16-24-27(33)32(19-21-4-7-23(35-3)8-5-21)29(28(34)30-24)10-12-31(13-11-29)18-22-6-9-25-26(17-22)37-15-14-36-25/h4-9,17,20,24H,10-16,18-19H2,1-3H3,(H,30,34). The lowest BCUT2D eigenvalue weighted by atomic mass is 9.80. The normalized spacial score (nSPS) is 21.3. The molecule has 3 aliphatic rings. The van der Waals surface area contributed by atoms with Gasteiger partial charge in [0.2, 0.25) is 11.8 Å². The van der Waals surface area contributed by atoms with Gasteiger partial charge in [0.05, 0.1) is 7.11 Å². The maximum absolute atomic E-state index is 13.8. The molecule has 0 aliphatic carbocycles. The molecule has 1 unspecified atom stereocenters. The Balaban J connectivity index is 1.33. The third-order valence-electron chi connectivity index (χ3n) is 7.71. The Kier molecular flexibility index (Phi) is 7.29. The zero-order chi connectivity index (χ0) is 26.0. The number of carbonyl (C=O) groups excluding carboxylic acids is 2. The fraction of sp³-hybridized carbons (Fsp3) is 0.517. The van der Waals surface area contributed by atoms with E-state index in [9.17, 15) is 9.59 Å². The Morgan fingerprint density at radius 3 is 2.32 bits per heavy atom. The molecule has 2 aromatic rings. The second-order valence-electron chi connectivity index (χ2n) is 10.7. The van der Waals surface area contributed by atoms with Gasteiger partial charge in [-0.2, -0.15) is 0 Å². The second kappa shape index (κ2) is 10.6. The second-order valence-corrected chi connectivity index (χ2v) is 10.7. The van der Waals surface area contributed by atoms with E-state index in [1.54, 1.807) is 7.11 Å². The van der Waals surface area contributed by atoms with E-state index in [0.717, 1.165) is 48.0 Å². The van der Waals surface area contributed by atoms with Crippen LogP contribution in [0.1, 0.15) is 44.2 Å². The number of ether oxygens (including phenoxy) is 3. The molecular formula is C29H37N3O5. The van der Waals surface area contributed by atoms with E-state index in [-0.39, 0.29) is 11.8 Å². The van der Waals surface area contributed by atoms with Gasteiger partial charge in [0.25, 0.3) is 0 Å². The molecule has 8 nitrogen and oxygen atoms in total. The molecule has 2 saturated heterocycles. The number of nitrogens with one attached hydrogen (secondary N) is 1. The molecule has 2 aromatic carbocycles. The van der Waals surface area contributed by atoms with E-state index in [2.05, 4.69) is 30.1 Å². The number of amides is 2. The molecule has 3 aliphatic heterocycles. The molecule has 8 heteroatoms. The summed E-state index contributed by atoms with van der Waals surface area (Å²) in [5.74, 6) is 2.64. The molecule has 3 heterocycles. The van der Waals surface area contributed by atoms with Crippen molar-refractivity contribution in [1.29, 1.82) is 0 Å². The number of piperidine rings is 1. The summed E-state index contributed by atoms with van der Waals surface area (Å²) in [5.41, 5.74) is 1.30. The van der Waals surface area contributed by atoms with Gasteiger partial charge in [-0.15, -0.1) is 0 Å². The van der Waals surface area contributed by atoms with E-state index in [1.807, 2.05) is 41.3 Å². The van der Waals surface area contributed by atoms with Crippen molar-refractivity contribution in [3.05, 3.63) is 53.6 Å². The van der Waals surface area contributed by atoms with Crippen molar-refractivity contribution in [2.75, 3.05) is 33.4 Å². The van der Waals surface area contributed by atoms with Crippen molar-refractivity contribution in [2.24, 2.45) is 5.92 Å². The number of carbonyl (C=O) groups is 2. The summed E-state index contributed by atoms with van der Waals surface area (Å²) in [6, 6.07) is 13.3. The maximum Gasteiger partial charge on any atom is 0.246 e. The predicted octanol–water partition coefficient (Wildman–Crippen LogP) is 3.37. The molecule has 0 aromatic heterocycles. The summed E-state index contributed by atoms with van der Waals surface area (Å²) in [5, 5.41) is 3.09. The first-order chi connectivity index (χ1) is 17.9. The van der Waals surface area contributed by atoms with Gasteiger partial charge in [0.1, 0.15) is 30.5 Å². The number of hydrogen-bond acceptors (Lipinski definition) is 6. The summed E-state index contributed by atoms with van der Waals surface area (Å²) >= 11 is 0. The van der Waals surface area contributed by atoms with Crippen LogP contribution < -0.4 is 19.5 Å². The summed E-state index contributed by atoms with van der Waals surface area (Å²) in [6.45, 7) is 7.91. The van der Waals surface area contributed by atoms with Crippen molar-refractivity contribution >= 4 is 11.8 Å². The minimum atomic E-state index is -0.839. The Morgan fingerprint density at radius 1 is 0.973 bits per heavy atom. The number of piperazine rings is 1. The Hall–Kier alpha value is -3.26. The molecule has 2 fully saturated rings. The molecule has 2 amide bonds. The van der Waals surface area contributed by atoms with E-state index < -0.39 is 11.6 Å². The first-order valence-electron chi connectivity index (χ1n) is 13.2. The molecule has 1 atom stereocenters. The molecule has 0 saturated carbocycles. The van der Waals surface area contributed by atoms with Gasteiger partial charge in [-0.25, -0.2) is 0 Å². The van der Waals surface area contributed by atoms with E-state index in [1.165, 1.54) is 0 Å². The monoisotopic (exact) mass is 507 g/mol. The Morgan fingerprint density at radius 2 is 1.65 bits per heavy atom. The molecule has 37 heavy (non-hydrogen) atoms. The van der Waals surface area contributed by atoms with Crippen LogP contribution in [0.15, 0.2) is 42.5 Å². The number of fused-ring (bicyclic) bond motifs is 1. The quantitative estimate of drug-likeness (QED) is 0.619. The van der Waals surface area contributed by atoms with E-state index >= 15 is 0 Å². The van der Waals surface area contributed by atoms with Crippen LogP contribution in [0.4, 0.5) is 0 Å². The largest absolute Gasteiger partial charge is 0.497 e. The van der Waals surface area contributed by atoms with Crippen LogP contribution >= 0.6 is 0 Å². The van der Waals surface area contributed by atoms with Crippen molar-refractivity contribution < 1.29 is 23.8 Å². The lowest BCUT2D eigenvalue weighted by Gasteiger charge is -2.52. The summed E-state index contributed by atoms with van der Waals surface area (Å²) in [4.78, 5) is 31.6. The number of hydrogen-bond donors (Lipinski definition) is 1. The van der Waals surface area contributed by atoms with Crippen LogP contribution in [-0.2, 0) is 22.7 Å². The van der Waals surface area contributed by atoms with Gasteiger partial charge in [0, 0.05) is 26.2 Å². The third-order valence-corrected chi connectivity index (χ3v) is 7.71. The fourth-order valence-corrected chi connectivity index (χ4v) is 5.67.